The van der Waals surface area contributed by atoms with E-state index in [9.17, 15) is 0 Å². The summed E-state index contributed by atoms with van der Waals surface area (Å²) in [4.78, 5) is 0. The van der Waals surface area contributed by atoms with Crippen LogP contribution >= 0.6 is 0 Å². The summed E-state index contributed by atoms with van der Waals surface area (Å²) in [6, 6.07) is 0.534. The number of ether oxygens (including phenoxy) is 1. The van der Waals surface area contributed by atoms with E-state index in [4.69, 9.17) is 4.74 Å². The van der Waals surface area contributed by atoms with Crippen molar-refractivity contribution in [3.05, 3.63) is 0 Å². The van der Waals surface area contributed by atoms with Crippen LogP contribution in [0.1, 0.15) is 59.8 Å². The van der Waals surface area contributed by atoms with E-state index in [1.54, 1.807) is 0 Å². The summed E-state index contributed by atoms with van der Waals surface area (Å²) in [5, 5.41) is 3.59. The largest absolute Gasteiger partial charge is 0.380 e. The molecule has 0 saturated heterocycles. The monoisotopic (exact) mass is 229 g/mol. The van der Waals surface area contributed by atoms with E-state index in [1.807, 2.05) is 0 Å². The predicted molar refractivity (Wildman–Crippen MR) is 71.9 cm³/mol. The Balaban J connectivity index is 3.65. The van der Waals surface area contributed by atoms with Gasteiger partial charge < -0.3 is 10.1 Å². The Kier molecular flexibility index (Phi) is 11.3. The molecule has 0 heterocycles. The minimum absolute atomic E-state index is 0.534. The van der Waals surface area contributed by atoms with Gasteiger partial charge in [-0.05, 0) is 25.3 Å². The van der Waals surface area contributed by atoms with Crippen LogP contribution in [0.5, 0.6) is 0 Å². The number of hydrogen-bond acceptors (Lipinski definition) is 2. The Labute approximate surface area is 102 Å². The summed E-state index contributed by atoms with van der Waals surface area (Å²) in [5.41, 5.74) is 0. The third kappa shape index (κ3) is 8.12. The number of rotatable bonds is 11. The number of unbranched alkanes of at least 4 members (excludes halogenated alkanes) is 2. The molecule has 0 fully saturated rings. The zero-order valence-electron chi connectivity index (χ0n) is 11.7. The second kappa shape index (κ2) is 11.4. The number of nitrogens with one attached hydrogen (secondary N) is 1. The molecule has 0 aliphatic heterocycles. The highest BCUT2D eigenvalue weighted by Gasteiger charge is 2.14. The van der Waals surface area contributed by atoms with Crippen molar-refractivity contribution in [3.8, 4) is 0 Å². The molecule has 0 spiro atoms. The smallest absolute Gasteiger partial charge is 0.0622 e. The molecule has 0 saturated carbocycles. The summed E-state index contributed by atoms with van der Waals surface area (Å²) in [6.07, 6.45) is 6.18. The molecular weight excluding hydrogens is 198 g/mol. The van der Waals surface area contributed by atoms with Crippen LogP contribution in [0.2, 0.25) is 0 Å². The van der Waals surface area contributed by atoms with Gasteiger partial charge in [-0.3, -0.25) is 0 Å². The Morgan fingerprint density at radius 2 is 1.81 bits per heavy atom. The maximum absolute atomic E-state index is 5.76. The van der Waals surface area contributed by atoms with Crippen molar-refractivity contribution in [1.82, 2.24) is 5.32 Å². The summed E-state index contributed by atoms with van der Waals surface area (Å²) in [7, 11) is 0. The van der Waals surface area contributed by atoms with E-state index < -0.39 is 0 Å². The molecular formula is C14H31NO. The van der Waals surface area contributed by atoms with Gasteiger partial charge in [-0.2, -0.15) is 0 Å². The molecule has 1 N–H and O–H groups in total. The van der Waals surface area contributed by atoms with Gasteiger partial charge in [0, 0.05) is 12.6 Å². The molecule has 0 aromatic carbocycles. The topological polar surface area (TPSA) is 21.3 Å². The molecule has 0 aromatic rings. The Bertz CT molecular complexity index is 139. The van der Waals surface area contributed by atoms with Gasteiger partial charge in [0.15, 0.2) is 0 Å². The molecule has 0 aliphatic carbocycles. The molecule has 0 aliphatic rings. The molecule has 0 radical (unpaired) electrons. The Hall–Kier alpha value is -0.0800. The first kappa shape index (κ1) is 15.9. The molecule has 16 heavy (non-hydrogen) atoms. The molecule has 2 unspecified atom stereocenters. The molecule has 0 rings (SSSR count). The standard InChI is InChI=1S/C14H31NO/c1-5-8-9-11-16-12-14(13(4)7-3)15-10-6-2/h13-15H,5-12H2,1-4H3. The first-order valence-electron chi connectivity index (χ1n) is 7.07. The summed E-state index contributed by atoms with van der Waals surface area (Å²) >= 11 is 0. The van der Waals surface area contributed by atoms with E-state index in [0.717, 1.165) is 19.8 Å². The van der Waals surface area contributed by atoms with Crippen molar-refractivity contribution in [3.63, 3.8) is 0 Å². The third-order valence-electron chi connectivity index (χ3n) is 3.18. The minimum Gasteiger partial charge on any atom is -0.380 e. The van der Waals surface area contributed by atoms with Crippen molar-refractivity contribution in [1.29, 1.82) is 0 Å². The van der Waals surface area contributed by atoms with E-state index in [-0.39, 0.29) is 0 Å². The van der Waals surface area contributed by atoms with Gasteiger partial charge >= 0.3 is 0 Å². The summed E-state index contributed by atoms with van der Waals surface area (Å²) in [6.45, 7) is 11.9. The first-order chi connectivity index (χ1) is 7.76. The van der Waals surface area contributed by atoms with E-state index in [0.29, 0.717) is 12.0 Å². The lowest BCUT2D eigenvalue weighted by Gasteiger charge is -2.24. The van der Waals surface area contributed by atoms with Gasteiger partial charge in [-0.1, -0.05) is 47.0 Å². The second-order valence-corrected chi connectivity index (χ2v) is 4.73. The van der Waals surface area contributed by atoms with Crippen LogP contribution < -0.4 is 5.32 Å². The number of hydrogen-bond donors (Lipinski definition) is 1. The lowest BCUT2D eigenvalue weighted by atomic mass is 10.00. The zero-order chi connectivity index (χ0) is 12.2. The van der Waals surface area contributed by atoms with Crippen LogP contribution in [-0.2, 0) is 4.74 Å². The van der Waals surface area contributed by atoms with Crippen molar-refractivity contribution in [2.24, 2.45) is 5.92 Å². The quantitative estimate of drug-likeness (QED) is 0.547. The Morgan fingerprint density at radius 1 is 1.06 bits per heavy atom. The highest BCUT2D eigenvalue weighted by atomic mass is 16.5. The molecule has 0 amide bonds. The van der Waals surface area contributed by atoms with E-state index in [1.165, 1.54) is 32.1 Å². The van der Waals surface area contributed by atoms with Crippen LogP contribution in [-0.4, -0.2) is 25.8 Å². The summed E-state index contributed by atoms with van der Waals surface area (Å²) < 4.78 is 5.76. The zero-order valence-corrected chi connectivity index (χ0v) is 11.7. The van der Waals surface area contributed by atoms with Gasteiger partial charge in [0.05, 0.1) is 6.61 Å². The SMILES string of the molecule is CCCCCOCC(NCCC)C(C)CC. The minimum atomic E-state index is 0.534. The molecule has 2 atom stereocenters. The van der Waals surface area contributed by atoms with Gasteiger partial charge in [0.1, 0.15) is 0 Å². The molecule has 98 valence electrons. The third-order valence-corrected chi connectivity index (χ3v) is 3.18. The lowest BCUT2D eigenvalue weighted by molar-refractivity contribution is 0.0919. The predicted octanol–water partition coefficient (Wildman–Crippen LogP) is 3.61. The van der Waals surface area contributed by atoms with Gasteiger partial charge in [-0.15, -0.1) is 0 Å². The van der Waals surface area contributed by atoms with Crippen molar-refractivity contribution < 1.29 is 4.74 Å². The van der Waals surface area contributed by atoms with Gasteiger partial charge in [0.25, 0.3) is 0 Å². The summed E-state index contributed by atoms with van der Waals surface area (Å²) in [5.74, 6) is 0.706. The molecule has 2 heteroatoms. The van der Waals surface area contributed by atoms with E-state index >= 15 is 0 Å². The normalized spacial score (nSPS) is 15.0. The van der Waals surface area contributed by atoms with Gasteiger partial charge in [-0.25, -0.2) is 0 Å². The van der Waals surface area contributed by atoms with Crippen LogP contribution in [0, 0.1) is 5.92 Å². The highest BCUT2D eigenvalue weighted by Crippen LogP contribution is 2.08. The van der Waals surface area contributed by atoms with Crippen molar-refractivity contribution >= 4 is 0 Å². The fourth-order valence-electron chi connectivity index (χ4n) is 1.70. The van der Waals surface area contributed by atoms with Crippen LogP contribution in [0.15, 0.2) is 0 Å². The maximum atomic E-state index is 5.76. The lowest BCUT2D eigenvalue weighted by Crippen LogP contribution is -2.39. The molecule has 0 aromatic heterocycles. The average Bonchev–Trinajstić information content (AvgIpc) is 2.31. The maximum Gasteiger partial charge on any atom is 0.0622 e. The molecule has 2 nitrogen and oxygen atoms in total. The van der Waals surface area contributed by atoms with Crippen LogP contribution in [0.25, 0.3) is 0 Å². The fourth-order valence-corrected chi connectivity index (χ4v) is 1.70. The van der Waals surface area contributed by atoms with Crippen molar-refractivity contribution in [2.45, 2.75) is 65.8 Å². The van der Waals surface area contributed by atoms with Crippen LogP contribution in [0.4, 0.5) is 0 Å². The van der Waals surface area contributed by atoms with Crippen molar-refractivity contribution in [2.75, 3.05) is 19.8 Å². The average molecular weight is 229 g/mol. The highest BCUT2D eigenvalue weighted by molar-refractivity contribution is 4.71. The van der Waals surface area contributed by atoms with Crippen LogP contribution in [0.3, 0.4) is 0 Å². The Morgan fingerprint density at radius 3 is 2.38 bits per heavy atom. The van der Waals surface area contributed by atoms with E-state index in [2.05, 4.69) is 33.0 Å². The van der Waals surface area contributed by atoms with Gasteiger partial charge in [0.2, 0.25) is 0 Å². The first-order valence-corrected chi connectivity index (χ1v) is 7.07. The second-order valence-electron chi connectivity index (χ2n) is 4.73. The molecule has 0 bridgehead atoms. The fraction of sp³-hybridized carbons (Fsp3) is 1.00.